The van der Waals surface area contributed by atoms with Crippen molar-refractivity contribution in [2.45, 2.75) is 26.7 Å². The normalized spacial score (nSPS) is 10.4. The molecule has 0 unspecified atom stereocenters. The number of carbonyl (C=O) groups is 1. The minimum absolute atomic E-state index is 0.103. The van der Waals surface area contributed by atoms with Gasteiger partial charge in [-0.25, -0.2) is 0 Å². The number of aryl methyl sites for hydroxylation is 2. The fourth-order valence-corrected chi connectivity index (χ4v) is 1.40. The predicted octanol–water partition coefficient (Wildman–Crippen LogP) is 1.35. The van der Waals surface area contributed by atoms with Crippen LogP contribution in [0, 0.1) is 0 Å². The summed E-state index contributed by atoms with van der Waals surface area (Å²) >= 11 is 0. The smallest absolute Gasteiger partial charge is 0.250 e. The number of nitrogens with one attached hydrogen (secondary N) is 1. The lowest BCUT2D eigenvalue weighted by Crippen LogP contribution is -2.18. The van der Waals surface area contributed by atoms with Crippen LogP contribution in [0.2, 0.25) is 0 Å². The summed E-state index contributed by atoms with van der Waals surface area (Å²) in [5.41, 5.74) is 1.67. The molecule has 1 aromatic rings. The van der Waals surface area contributed by atoms with Crippen LogP contribution >= 0.6 is 0 Å². The van der Waals surface area contributed by atoms with Gasteiger partial charge in [0.15, 0.2) is 0 Å². The molecule has 1 rings (SSSR count). The molecule has 5 nitrogen and oxygen atoms in total. The van der Waals surface area contributed by atoms with E-state index in [0.29, 0.717) is 6.61 Å². The van der Waals surface area contributed by atoms with Crippen molar-refractivity contribution >= 4 is 11.6 Å². The standard InChI is InChI=1S/C11H19N3O2/c1-4-6-16-8-11(15)12-10-7-14(3)13-9(10)5-2/h7H,4-6,8H2,1-3H3,(H,12,15). The molecule has 0 saturated carbocycles. The molecule has 0 fully saturated rings. The van der Waals surface area contributed by atoms with Gasteiger partial charge in [-0.1, -0.05) is 13.8 Å². The van der Waals surface area contributed by atoms with Crippen molar-refractivity contribution in [1.29, 1.82) is 0 Å². The third-order valence-electron chi connectivity index (χ3n) is 2.10. The van der Waals surface area contributed by atoms with Crippen molar-refractivity contribution in [2.75, 3.05) is 18.5 Å². The number of hydrogen-bond donors (Lipinski definition) is 1. The van der Waals surface area contributed by atoms with Gasteiger partial charge in [0.1, 0.15) is 6.61 Å². The summed E-state index contributed by atoms with van der Waals surface area (Å²) in [5, 5.41) is 7.03. The van der Waals surface area contributed by atoms with Crippen LogP contribution in [-0.2, 0) is 23.0 Å². The van der Waals surface area contributed by atoms with Crippen molar-refractivity contribution in [3.05, 3.63) is 11.9 Å². The Kier molecular flexibility index (Phi) is 4.98. The van der Waals surface area contributed by atoms with E-state index in [-0.39, 0.29) is 12.5 Å². The highest BCUT2D eigenvalue weighted by atomic mass is 16.5. The molecule has 0 saturated heterocycles. The first-order valence-electron chi connectivity index (χ1n) is 5.57. The number of rotatable bonds is 6. The van der Waals surface area contributed by atoms with Crippen LogP contribution in [0.25, 0.3) is 0 Å². The molecule has 0 aromatic carbocycles. The Balaban J connectivity index is 2.48. The summed E-state index contributed by atoms with van der Waals surface area (Å²) in [5.74, 6) is -0.129. The van der Waals surface area contributed by atoms with Gasteiger partial charge in [0.2, 0.25) is 5.91 Å². The van der Waals surface area contributed by atoms with Crippen molar-refractivity contribution in [2.24, 2.45) is 7.05 Å². The zero-order valence-corrected chi connectivity index (χ0v) is 10.1. The fraction of sp³-hybridized carbons (Fsp3) is 0.636. The van der Waals surface area contributed by atoms with E-state index >= 15 is 0 Å². The van der Waals surface area contributed by atoms with Crippen LogP contribution in [0.5, 0.6) is 0 Å². The zero-order valence-electron chi connectivity index (χ0n) is 10.1. The van der Waals surface area contributed by atoms with Crippen LogP contribution in [0.1, 0.15) is 26.0 Å². The van der Waals surface area contributed by atoms with Crippen LogP contribution in [0.3, 0.4) is 0 Å². The molecule has 1 amide bonds. The second-order valence-corrected chi connectivity index (χ2v) is 3.62. The average molecular weight is 225 g/mol. The first-order chi connectivity index (χ1) is 7.67. The van der Waals surface area contributed by atoms with Gasteiger partial charge in [0.25, 0.3) is 0 Å². The fourth-order valence-electron chi connectivity index (χ4n) is 1.40. The highest BCUT2D eigenvalue weighted by Crippen LogP contribution is 2.13. The van der Waals surface area contributed by atoms with E-state index in [1.807, 2.05) is 20.9 Å². The van der Waals surface area contributed by atoms with Gasteiger partial charge in [0.05, 0.1) is 11.4 Å². The van der Waals surface area contributed by atoms with Gasteiger partial charge in [0, 0.05) is 19.9 Å². The number of anilines is 1. The van der Waals surface area contributed by atoms with Crippen molar-refractivity contribution in [1.82, 2.24) is 9.78 Å². The molecule has 90 valence electrons. The minimum Gasteiger partial charge on any atom is -0.372 e. The number of aromatic nitrogens is 2. The summed E-state index contributed by atoms with van der Waals surface area (Å²) in [4.78, 5) is 11.5. The zero-order chi connectivity index (χ0) is 12.0. The largest absolute Gasteiger partial charge is 0.372 e. The maximum absolute atomic E-state index is 11.5. The molecule has 0 aliphatic rings. The molecular weight excluding hydrogens is 206 g/mol. The molecule has 5 heteroatoms. The molecule has 0 aliphatic heterocycles. The van der Waals surface area contributed by atoms with Crippen LogP contribution in [-0.4, -0.2) is 28.9 Å². The third-order valence-corrected chi connectivity index (χ3v) is 2.10. The Labute approximate surface area is 95.8 Å². The van der Waals surface area contributed by atoms with E-state index in [9.17, 15) is 4.79 Å². The lowest BCUT2D eigenvalue weighted by atomic mass is 10.3. The first kappa shape index (κ1) is 12.7. The van der Waals surface area contributed by atoms with Gasteiger partial charge in [-0.05, 0) is 12.8 Å². The maximum Gasteiger partial charge on any atom is 0.250 e. The lowest BCUT2D eigenvalue weighted by molar-refractivity contribution is -0.120. The molecule has 0 atom stereocenters. The van der Waals surface area contributed by atoms with E-state index in [1.54, 1.807) is 10.9 Å². The monoisotopic (exact) mass is 225 g/mol. The third kappa shape index (κ3) is 3.66. The highest BCUT2D eigenvalue weighted by Gasteiger charge is 2.09. The Morgan fingerprint density at radius 2 is 2.31 bits per heavy atom. The number of ether oxygens (including phenoxy) is 1. The Hall–Kier alpha value is -1.36. The first-order valence-corrected chi connectivity index (χ1v) is 5.57. The topological polar surface area (TPSA) is 56.1 Å². The van der Waals surface area contributed by atoms with Gasteiger partial charge >= 0.3 is 0 Å². The number of nitrogens with zero attached hydrogens (tertiary/aromatic N) is 2. The molecule has 1 N–H and O–H groups in total. The predicted molar refractivity (Wildman–Crippen MR) is 62.3 cm³/mol. The molecule has 0 aliphatic carbocycles. The molecular formula is C11H19N3O2. The summed E-state index contributed by atoms with van der Waals surface area (Å²) in [6.07, 6.45) is 3.52. The Bertz CT molecular complexity index is 347. The lowest BCUT2D eigenvalue weighted by Gasteiger charge is -2.04. The Morgan fingerprint density at radius 1 is 1.56 bits per heavy atom. The summed E-state index contributed by atoms with van der Waals surface area (Å²) in [6, 6.07) is 0. The molecule has 0 spiro atoms. The Morgan fingerprint density at radius 3 is 2.94 bits per heavy atom. The highest BCUT2D eigenvalue weighted by molar-refractivity contribution is 5.92. The van der Waals surface area contributed by atoms with Crippen LogP contribution in [0.15, 0.2) is 6.20 Å². The van der Waals surface area contributed by atoms with Gasteiger partial charge in [-0.2, -0.15) is 5.10 Å². The molecule has 0 bridgehead atoms. The van der Waals surface area contributed by atoms with Gasteiger partial charge < -0.3 is 10.1 Å². The second-order valence-electron chi connectivity index (χ2n) is 3.62. The molecule has 1 aromatic heterocycles. The number of amides is 1. The SMILES string of the molecule is CCCOCC(=O)Nc1cn(C)nc1CC. The van der Waals surface area contributed by atoms with E-state index in [4.69, 9.17) is 4.74 Å². The maximum atomic E-state index is 11.5. The number of hydrogen-bond acceptors (Lipinski definition) is 3. The van der Waals surface area contributed by atoms with Gasteiger partial charge in [-0.3, -0.25) is 9.48 Å². The van der Waals surface area contributed by atoms with E-state index in [0.717, 1.165) is 24.2 Å². The van der Waals surface area contributed by atoms with E-state index in [2.05, 4.69) is 10.4 Å². The van der Waals surface area contributed by atoms with Crippen LogP contribution in [0.4, 0.5) is 5.69 Å². The minimum atomic E-state index is -0.129. The molecule has 16 heavy (non-hydrogen) atoms. The van der Waals surface area contributed by atoms with Crippen molar-refractivity contribution in [3.8, 4) is 0 Å². The van der Waals surface area contributed by atoms with Crippen molar-refractivity contribution < 1.29 is 9.53 Å². The van der Waals surface area contributed by atoms with Gasteiger partial charge in [-0.15, -0.1) is 0 Å². The second kappa shape index (κ2) is 6.27. The number of carbonyl (C=O) groups excluding carboxylic acids is 1. The quantitative estimate of drug-likeness (QED) is 0.743. The molecule has 1 heterocycles. The average Bonchev–Trinajstić information content (AvgIpc) is 2.59. The summed E-state index contributed by atoms with van der Waals surface area (Å²) in [6.45, 7) is 4.73. The molecule has 0 radical (unpaired) electrons. The summed E-state index contributed by atoms with van der Waals surface area (Å²) in [7, 11) is 1.84. The van der Waals surface area contributed by atoms with E-state index in [1.165, 1.54) is 0 Å². The van der Waals surface area contributed by atoms with Crippen molar-refractivity contribution in [3.63, 3.8) is 0 Å². The van der Waals surface area contributed by atoms with Crippen LogP contribution < -0.4 is 5.32 Å². The summed E-state index contributed by atoms with van der Waals surface area (Å²) < 4.78 is 6.85. The van der Waals surface area contributed by atoms with E-state index < -0.39 is 0 Å².